The third-order valence-electron chi connectivity index (χ3n) is 5.79. The lowest BCUT2D eigenvalue weighted by atomic mass is 10.1. The molecule has 0 aliphatic carbocycles. The van der Waals surface area contributed by atoms with Crippen LogP contribution in [0.25, 0.3) is 22.2 Å². The zero-order valence-electron chi connectivity index (χ0n) is 18.9. The summed E-state index contributed by atoms with van der Waals surface area (Å²) in [5.74, 6) is 0.580. The highest BCUT2D eigenvalue weighted by molar-refractivity contribution is 5.97. The summed E-state index contributed by atoms with van der Waals surface area (Å²) in [5, 5.41) is 6.67. The first-order valence-electron chi connectivity index (χ1n) is 11.0. The molecular formula is C25H25N7O2. The van der Waals surface area contributed by atoms with Crippen molar-refractivity contribution in [1.82, 2.24) is 19.9 Å². The number of benzene rings is 2. The first kappa shape index (κ1) is 21.6. The third-order valence-corrected chi connectivity index (χ3v) is 5.79. The Morgan fingerprint density at radius 1 is 1.06 bits per heavy atom. The molecule has 172 valence electrons. The standard InChI is InChI=1S/C25H25N7O2/c1-3-22(33)29-25-27-16-21(34-25)20-6-4-5-17-15-26-24(30-23(17)20)28-18-7-9-19(10-8-18)32-13-11-31(2)12-14-32/h3-10,15-16H,1,11-14H2,2H3,(H,26,28,30)(H,27,29,33). The summed E-state index contributed by atoms with van der Waals surface area (Å²) < 4.78 is 5.71. The Morgan fingerprint density at radius 2 is 1.85 bits per heavy atom. The number of fused-ring (bicyclic) bond motifs is 1. The minimum absolute atomic E-state index is 0.102. The number of hydrogen-bond acceptors (Lipinski definition) is 8. The summed E-state index contributed by atoms with van der Waals surface area (Å²) in [6.45, 7) is 7.62. The fraction of sp³-hybridized carbons (Fsp3) is 0.200. The van der Waals surface area contributed by atoms with Gasteiger partial charge in [0.15, 0.2) is 5.76 Å². The SMILES string of the molecule is C=CC(=O)Nc1ncc(-c2cccc3cnc(Nc4ccc(N5CCN(C)CC5)cc4)nc23)o1. The Balaban J connectivity index is 1.37. The zero-order valence-corrected chi connectivity index (χ0v) is 18.9. The quantitative estimate of drug-likeness (QED) is 0.422. The van der Waals surface area contributed by atoms with E-state index in [1.165, 1.54) is 5.69 Å². The molecule has 9 nitrogen and oxygen atoms in total. The van der Waals surface area contributed by atoms with Gasteiger partial charge in [0, 0.05) is 54.7 Å². The maximum Gasteiger partial charge on any atom is 0.302 e. The molecule has 3 heterocycles. The first-order valence-corrected chi connectivity index (χ1v) is 11.0. The molecule has 0 unspecified atom stereocenters. The summed E-state index contributed by atoms with van der Waals surface area (Å²) in [7, 11) is 2.15. The number of piperazine rings is 1. The van der Waals surface area contributed by atoms with E-state index in [0.29, 0.717) is 17.2 Å². The summed E-state index contributed by atoms with van der Waals surface area (Å²) in [4.78, 5) is 29.6. The van der Waals surface area contributed by atoms with Crippen LogP contribution < -0.4 is 15.5 Å². The average molecular weight is 456 g/mol. The van der Waals surface area contributed by atoms with Gasteiger partial charge in [-0.2, -0.15) is 0 Å². The topological polar surface area (TPSA) is 99.4 Å². The van der Waals surface area contributed by atoms with Crippen LogP contribution in [0.15, 0.2) is 71.9 Å². The van der Waals surface area contributed by atoms with E-state index in [1.807, 2.05) is 30.3 Å². The van der Waals surface area contributed by atoms with Crippen molar-refractivity contribution in [2.24, 2.45) is 0 Å². The largest absolute Gasteiger partial charge is 0.423 e. The molecule has 1 fully saturated rings. The molecule has 0 radical (unpaired) electrons. The normalized spacial score (nSPS) is 14.2. The smallest absolute Gasteiger partial charge is 0.302 e. The van der Waals surface area contributed by atoms with Crippen LogP contribution >= 0.6 is 0 Å². The van der Waals surface area contributed by atoms with Gasteiger partial charge in [0.05, 0.1) is 11.7 Å². The molecule has 2 N–H and O–H groups in total. The summed E-state index contributed by atoms with van der Waals surface area (Å²) in [6.07, 6.45) is 4.48. The number of amides is 1. The fourth-order valence-corrected chi connectivity index (χ4v) is 3.88. The van der Waals surface area contributed by atoms with E-state index in [1.54, 1.807) is 12.4 Å². The van der Waals surface area contributed by atoms with Crippen molar-refractivity contribution in [2.45, 2.75) is 0 Å². The van der Waals surface area contributed by atoms with Crippen molar-refractivity contribution in [3.8, 4) is 11.3 Å². The van der Waals surface area contributed by atoms with Crippen molar-refractivity contribution in [3.63, 3.8) is 0 Å². The molecule has 0 saturated carbocycles. The van der Waals surface area contributed by atoms with Crippen LogP contribution in [-0.2, 0) is 4.79 Å². The third kappa shape index (κ3) is 4.60. The van der Waals surface area contributed by atoms with Gasteiger partial charge < -0.3 is 19.5 Å². The number of rotatable bonds is 6. The average Bonchev–Trinajstić information content (AvgIpc) is 3.32. The predicted molar refractivity (Wildman–Crippen MR) is 133 cm³/mol. The number of carbonyl (C=O) groups is 1. The van der Waals surface area contributed by atoms with Crippen molar-refractivity contribution in [2.75, 3.05) is 48.8 Å². The number of para-hydroxylation sites is 1. The maximum absolute atomic E-state index is 11.5. The van der Waals surface area contributed by atoms with E-state index >= 15 is 0 Å². The van der Waals surface area contributed by atoms with Crippen LogP contribution in [0.1, 0.15) is 0 Å². The molecule has 2 aromatic carbocycles. The van der Waals surface area contributed by atoms with Gasteiger partial charge in [0.25, 0.3) is 5.91 Å². The molecule has 1 amide bonds. The molecule has 4 aromatic rings. The number of carbonyl (C=O) groups excluding carboxylic acids is 1. The van der Waals surface area contributed by atoms with Crippen LogP contribution in [-0.4, -0.2) is 59.0 Å². The van der Waals surface area contributed by atoms with E-state index in [4.69, 9.17) is 9.40 Å². The van der Waals surface area contributed by atoms with Crippen molar-refractivity contribution in [3.05, 3.63) is 67.5 Å². The molecule has 0 bridgehead atoms. The van der Waals surface area contributed by atoms with Gasteiger partial charge in [0.1, 0.15) is 0 Å². The lowest BCUT2D eigenvalue weighted by molar-refractivity contribution is -0.112. The number of aromatic nitrogens is 3. The monoisotopic (exact) mass is 455 g/mol. The van der Waals surface area contributed by atoms with Gasteiger partial charge in [-0.25, -0.2) is 15.0 Å². The van der Waals surface area contributed by atoms with Crippen LogP contribution in [0, 0.1) is 0 Å². The highest BCUT2D eigenvalue weighted by Gasteiger charge is 2.15. The molecule has 1 saturated heterocycles. The Kier molecular flexibility index (Phi) is 5.92. The zero-order chi connectivity index (χ0) is 23.5. The Labute approximate surface area is 197 Å². The second-order valence-electron chi connectivity index (χ2n) is 8.12. The van der Waals surface area contributed by atoms with E-state index in [0.717, 1.165) is 48.9 Å². The molecule has 2 aromatic heterocycles. The molecular weight excluding hydrogens is 430 g/mol. The van der Waals surface area contributed by atoms with Gasteiger partial charge in [-0.15, -0.1) is 0 Å². The van der Waals surface area contributed by atoms with Crippen LogP contribution in [0.5, 0.6) is 0 Å². The van der Waals surface area contributed by atoms with Crippen molar-refractivity contribution in [1.29, 1.82) is 0 Å². The molecule has 34 heavy (non-hydrogen) atoms. The van der Waals surface area contributed by atoms with Gasteiger partial charge in [-0.3, -0.25) is 10.1 Å². The number of oxazole rings is 1. The number of nitrogens with zero attached hydrogens (tertiary/aromatic N) is 5. The lowest BCUT2D eigenvalue weighted by Gasteiger charge is -2.34. The number of nitrogens with one attached hydrogen (secondary N) is 2. The fourth-order valence-electron chi connectivity index (χ4n) is 3.88. The number of hydrogen-bond donors (Lipinski definition) is 2. The molecule has 0 atom stereocenters. The predicted octanol–water partition coefficient (Wildman–Crippen LogP) is 3.90. The van der Waals surface area contributed by atoms with Crippen LogP contribution in [0.2, 0.25) is 0 Å². The minimum Gasteiger partial charge on any atom is -0.423 e. The first-order chi connectivity index (χ1) is 16.6. The highest BCUT2D eigenvalue weighted by atomic mass is 16.4. The van der Waals surface area contributed by atoms with Crippen molar-refractivity contribution < 1.29 is 9.21 Å². The molecule has 1 aliphatic heterocycles. The molecule has 5 rings (SSSR count). The van der Waals surface area contributed by atoms with E-state index in [-0.39, 0.29) is 6.01 Å². The van der Waals surface area contributed by atoms with E-state index < -0.39 is 5.91 Å². The van der Waals surface area contributed by atoms with E-state index in [2.05, 4.69) is 56.2 Å². The van der Waals surface area contributed by atoms with Crippen LogP contribution in [0.3, 0.4) is 0 Å². The summed E-state index contributed by atoms with van der Waals surface area (Å²) in [5.41, 5.74) is 3.58. The summed E-state index contributed by atoms with van der Waals surface area (Å²) in [6, 6.07) is 14.1. The van der Waals surface area contributed by atoms with Gasteiger partial charge in [0.2, 0.25) is 5.95 Å². The second kappa shape index (κ2) is 9.32. The summed E-state index contributed by atoms with van der Waals surface area (Å²) >= 11 is 0. The van der Waals surface area contributed by atoms with Gasteiger partial charge in [-0.1, -0.05) is 18.7 Å². The second-order valence-corrected chi connectivity index (χ2v) is 8.12. The molecule has 1 aliphatic rings. The Hall–Kier alpha value is -4.24. The van der Waals surface area contributed by atoms with Crippen molar-refractivity contribution >= 4 is 40.1 Å². The maximum atomic E-state index is 11.5. The van der Waals surface area contributed by atoms with Gasteiger partial charge >= 0.3 is 6.01 Å². The minimum atomic E-state index is -0.390. The number of likely N-dealkylation sites (N-methyl/N-ethyl adjacent to an activating group) is 1. The van der Waals surface area contributed by atoms with E-state index in [9.17, 15) is 4.79 Å². The Bertz CT molecular complexity index is 1320. The molecule has 0 spiro atoms. The lowest BCUT2D eigenvalue weighted by Crippen LogP contribution is -2.44. The van der Waals surface area contributed by atoms with Gasteiger partial charge in [-0.05, 0) is 43.5 Å². The highest BCUT2D eigenvalue weighted by Crippen LogP contribution is 2.30. The Morgan fingerprint density at radius 3 is 2.62 bits per heavy atom. The number of anilines is 4. The van der Waals surface area contributed by atoms with Crippen LogP contribution in [0.4, 0.5) is 23.3 Å². The molecule has 9 heteroatoms.